The zero-order valence-electron chi connectivity index (χ0n) is 6.50. The van der Waals surface area contributed by atoms with E-state index in [1.54, 1.807) is 0 Å². The van der Waals surface area contributed by atoms with Crippen molar-refractivity contribution in [2.45, 2.75) is 19.8 Å². The van der Waals surface area contributed by atoms with E-state index in [2.05, 4.69) is 9.68 Å². The minimum atomic E-state index is 0.101. The zero-order valence-corrected chi connectivity index (χ0v) is 6.50. The Kier molecular flexibility index (Phi) is 1.94. The summed E-state index contributed by atoms with van der Waals surface area (Å²) in [6.07, 6.45) is 0.668. The Labute approximate surface area is 64.4 Å². The molecular weight excluding hydrogens is 144 g/mol. The number of nitrogens with two attached hydrogens (primary N) is 1. The molecule has 0 aliphatic carbocycles. The van der Waals surface area contributed by atoms with Crippen molar-refractivity contribution < 1.29 is 9.32 Å². The molecule has 0 aliphatic heterocycles. The third kappa shape index (κ3) is 1.24. The number of anilines is 1. The number of carbonyl (C=O) groups is 1. The highest BCUT2D eigenvalue weighted by Gasteiger charge is 2.14. The molecule has 2 N–H and O–H groups in total. The standard InChI is InChI=1S/C7H10N2O2/c1-4(2)6-5(3-10)7(8)11-9-6/h3-4H,8H2,1-2H3. The molecule has 0 aromatic carbocycles. The van der Waals surface area contributed by atoms with Crippen molar-refractivity contribution >= 4 is 12.2 Å². The van der Waals surface area contributed by atoms with Crippen molar-refractivity contribution in [1.29, 1.82) is 0 Å². The summed E-state index contributed by atoms with van der Waals surface area (Å²) in [6.45, 7) is 3.84. The highest BCUT2D eigenvalue weighted by molar-refractivity contribution is 5.82. The van der Waals surface area contributed by atoms with Crippen LogP contribution >= 0.6 is 0 Å². The van der Waals surface area contributed by atoms with Gasteiger partial charge < -0.3 is 10.3 Å². The van der Waals surface area contributed by atoms with Crippen molar-refractivity contribution in [2.24, 2.45) is 0 Å². The average molecular weight is 154 g/mol. The molecule has 0 amide bonds. The molecule has 11 heavy (non-hydrogen) atoms. The van der Waals surface area contributed by atoms with Crippen LogP contribution in [0.15, 0.2) is 4.52 Å². The fourth-order valence-corrected chi connectivity index (χ4v) is 0.858. The fraction of sp³-hybridized carbons (Fsp3) is 0.429. The molecule has 0 aliphatic rings. The van der Waals surface area contributed by atoms with Gasteiger partial charge in [-0.15, -0.1) is 0 Å². The molecule has 1 heterocycles. The van der Waals surface area contributed by atoms with E-state index in [0.29, 0.717) is 17.5 Å². The number of hydrogen-bond acceptors (Lipinski definition) is 4. The van der Waals surface area contributed by atoms with Crippen LogP contribution in [0.5, 0.6) is 0 Å². The molecule has 4 nitrogen and oxygen atoms in total. The number of nitrogens with zero attached hydrogens (tertiary/aromatic N) is 1. The van der Waals surface area contributed by atoms with Gasteiger partial charge in [0.2, 0.25) is 5.88 Å². The first-order valence-corrected chi connectivity index (χ1v) is 3.37. The van der Waals surface area contributed by atoms with Gasteiger partial charge in [0.1, 0.15) is 5.56 Å². The summed E-state index contributed by atoms with van der Waals surface area (Å²) in [7, 11) is 0. The predicted octanol–water partition coefficient (Wildman–Crippen LogP) is 1.19. The van der Waals surface area contributed by atoms with Gasteiger partial charge in [0.05, 0.1) is 5.69 Å². The molecule has 60 valence electrons. The van der Waals surface area contributed by atoms with Gasteiger partial charge in [-0.2, -0.15) is 0 Å². The van der Waals surface area contributed by atoms with E-state index in [1.165, 1.54) is 0 Å². The summed E-state index contributed by atoms with van der Waals surface area (Å²) in [5.41, 5.74) is 6.33. The normalized spacial score (nSPS) is 10.5. The lowest BCUT2D eigenvalue weighted by Crippen LogP contribution is -1.94. The molecule has 1 aromatic rings. The Bertz CT molecular complexity index is 265. The van der Waals surface area contributed by atoms with Crippen molar-refractivity contribution in [3.05, 3.63) is 11.3 Å². The van der Waals surface area contributed by atoms with Crippen LogP contribution in [-0.4, -0.2) is 11.4 Å². The lowest BCUT2D eigenvalue weighted by Gasteiger charge is -1.96. The van der Waals surface area contributed by atoms with Gasteiger partial charge in [0, 0.05) is 0 Å². The largest absolute Gasteiger partial charge is 0.367 e. The van der Waals surface area contributed by atoms with E-state index in [9.17, 15) is 4.79 Å². The molecule has 1 rings (SSSR count). The first-order chi connectivity index (χ1) is 5.16. The predicted molar refractivity (Wildman–Crippen MR) is 40.4 cm³/mol. The average Bonchev–Trinajstić information content (AvgIpc) is 2.30. The van der Waals surface area contributed by atoms with Gasteiger partial charge in [-0.05, 0) is 5.92 Å². The zero-order chi connectivity index (χ0) is 8.43. The molecule has 0 unspecified atom stereocenters. The van der Waals surface area contributed by atoms with Gasteiger partial charge in [0.25, 0.3) is 0 Å². The summed E-state index contributed by atoms with van der Waals surface area (Å²) in [5.74, 6) is 0.264. The monoisotopic (exact) mass is 154 g/mol. The van der Waals surface area contributed by atoms with Crippen molar-refractivity contribution in [1.82, 2.24) is 5.16 Å². The minimum Gasteiger partial charge on any atom is -0.367 e. The SMILES string of the molecule is CC(C)c1noc(N)c1C=O. The number of hydrogen-bond donors (Lipinski definition) is 1. The van der Waals surface area contributed by atoms with Crippen LogP contribution in [0.25, 0.3) is 0 Å². The first-order valence-electron chi connectivity index (χ1n) is 3.37. The molecule has 0 atom stereocenters. The molecule has 1 aromatic heterocycles. The second-order valence-corrected chi connectivity index (χ2v) is 2.62. The van der Waals surface area contributed by atoms with Crippen LogP contribution in [0, 0.1) is 0 Å². The summed E-state index contributed by atoms with van der Waals surface area (Å²) < 4.78 is 4.64. The van der Waals surface area contributed by atoms with Crippen molar-refractivity contribution in [2.75, 3.05) is 5.73 Å². The van der Waals surface area contributed by atoms with Gasteiger partial charge in [-0.25, -0.2) is 0 Å². The third-order valence-electron chi connectivity index (χ3n) is 1.45. The van der Waals surface area contributed by atoms with Crippen LogP contribution in [-0.2, 0) is 0 Å². The number of rotatable bonds is 2. The highest BCUT2D eigenvalue weighted by atomic mass is 16.5. The Morgan fingerprint density at radius 3 is 2.64 bits per heavy atom. The van der Waals surface area contributed by atoms with E-state index in [0.717, 1.165) is 0 Å². The van der Waals surface area contributed by atoms with E-state index >= 15 is 0 Å². The Morgan fingerprint density at radius 2 is 2.27 bits per heavy atom. The molecule has 0 fully saturated rings. The van der Waals surface area contributed by atoms with E-state index in [4.69, 9.17) is 5.73 Å². The number of aromatic nitrogens is 1. The molecule has 0 saturated heterocycles. The summed E-state index contributed by atoms with van der Waals surface area (Å²) in [4.78, 5) is 10.4. The molecule has 0 spiro atoms. The Balaban J connectivity index is 3.15. The molecular formula is C7H10N2O2. The maximum absolute atomic E-state index is 10.4. The maximum atomic E-state index is 10.4. The summed E-state index contributed by atoms with van der Waals surface area (Å²) in [5, 5.41) is 3.65. The number of carbonyl (C=O) groups excluding carboxylic acids is 1. The topological polar surface area (TPSA) is 69.1 Å². The second kappa shape index (κ2) is 2.74. The maximum Gasteiger partial charge on any atom is 0.232 e. The molecule has 0 radical (unpaired) electrons. The lowest BCUT2D eigenvalue weighted by atomic mass is 10.1. The fourth-order valence-electron chi connectivity index (χ4n) is 0.858. The second-order valence-electron chi connectivity index (χ2n) is 2.62. The highest BCUT2D eigenvalue weighted by Crippen LogP contribution is 2.21. The third-order valence-corrected chi connectivity index (χ3v) is 1.45. The van der Waals surface area contributed by atoms with E-state index in [1.807, 2.05) is 13.8 Å². The Hall–Kier alpha value is -1.32. The van der Waals surface area contributed by atoms with Crippen LogP contribution in [0.3, 0.4) is 0 Å². The van der Waals surface area contributed by atoms with Crippen LogP contribution in [0.4, 0.5) is 5.88 Å². The number of nitrogen functional groups attached to an aromatic ring is 1. The smallest absolute Gasteiger partial charge is 0.232 e. The Morgan fingerprint density at radius 1 is 1.64 bits per heavy atom. The van der Waals surface area contributed by atoms with Crippen LogP contribution < -0.4 is 5.73 Å². The first kappa shape index (κ1) is 7.78. The van der Waals surface area contributed by atoms with Gasteiger partial charge in [-0.1, -0.05) is 19.0 Å². The van der Waals surface area contributed by atoms with Gasteiger partial charge in [0.15, 0.2) is 6.29 Å². The van der Waals surface area contributed by atoms with Gasteiger partial charge in [-0.3, -0.25) is 4.79 Å². The van der Waals surface area contributed by atoms with Crippen molar-refractivity contribution in [3.8, 4) is 0 Å². The molecule has 0 bridgehead atoms. The van der Waals surface area contributed by atoms with E-state index in [-0.39, 0.29) is 11.8 Å². The van der Waals surface area contributed by atoms with Crippen molar-refractivity contribution in [3.63, 3.8) is 0 Å². The lowest BCUT2D eigenvalue weighted by molar-refractivity contribution is 0.112. The van der Waals surface area contributed by atoms with Crippen LogP contribution in [0.1, 0.15) is 35.8 Å². The molecule has 0 saturated carbocycles. The van der Waals surface area contributed by atoms with Gasteiger partial charge >= 0.3 is 0 Å². The quantitative estimate of drug-likeness (QED) is 0.649. The summed E-state index contributed by atoms with van der Waals surface area (Å²) in [6, 6.07) is 0. The van der Waals surface area contributed by atoms with E-state index < -0.39 is 0 Å². The number of aldehydes is 1. The molecule has 4 heteroatoms. The van der Waals surface area contributed by atoms with Crippen LogP contribution in [0.2, 0.25) is 0 Å². The summed E-state index contributed by atoms with van der Waals surface area (Å²) >= 11 is 0. The minimum absolute atomic E-state index is 0.101.